The standard InChI is InChI=1S/C11H14F2O/c1-6(2)9-10(12)7(3)5-8(14-4)11(9)13/h5-6H,1-4H3. The fraction of sp³-hybridized carbons (Fsp3) is 0.455. The highest BCUT2D eigenvalue weighted by atomic mass is 19.1. The summed E-state index contributed by atoms with van der Waals surface area (Å²) in [5.41, 5.74) is 0.508. The zero-order chi connectivity index (χ0) is 10.9. The number of halogens is 2. The van der Waals surface area contributed by atoms with Gasteiger partial charge in [-0.05, 0) is 24.5 Å². The predicted octanol–water partition coefficient (Wildman–Crippen LogP) is 3.41. The van der Waals surface area contributed by atoms with E-state index in [1.165, 1.54) is 13.2 Å². The molecule has 1 aromatic rings. The van der Waals surface area contributed by atoms with Crippen LogP contribution < -0.4 is 4.74 Å². The van der Waals surface area contributed by atoms with Crippen LogP contribution in [-0.4, -0.2) is 7.11 Å². The van der Waals surface area contributed by atoms with Crippen LogP contribution in [-0.2, 0) is 0 Å². The lowest BCUT2D eigenvalue weighted by Crippen LogP contribution is -2.03. The first-order valence-electron chi connectivity index (χ1n) is 4.51. The zero-order valence-corrected chi connectivity index (χ0v) is 8.82. The van der Waals surface area contributed by atoms with E-state index in [1.807, 2.05) is 0 Å². The van der Waals surface area contributed by atoms with Gasteiger partial charge in [-0.25, -0.2) is 8.78 Å². The highest BCUT2D eigenvalue weighted by Gasteiger charge is 2.19. The number of hydrogen-bond donors (Lipinski definition) is 0. The van der Waals surface area contributed by atoms with Crippen LogP contribution in [0.5, 0.6) is 5.75 Å². The molecule has 0 radical (unpaired) electrons. The number of rotatable bonds is 2. The first kappa shape index (κ1) is 11.0. The van der Waals surface area contributed by atoms with Crippen LogP contribution in [0, 0.1) is 18.6 Å². The van der Waals surface area contributed by atoms with Crippen LogP contribution in [0.1, 0.15) is 30.9 Å². The van der Waals surface area contributed by atoms with E-state index in [0.717, 1.165) is 0 Å². The summed E-state index contributed by atoms with van der Waals surface area (Å²) in [6.07, 6.45) is 0. The van der Waals surface area contributed by atoms with Crippen LogP contribution in [0.25, 0.3) is 0 Å². The average molecular weight is 200 g/mol. The van der Waals surface area contributed by atoms with E-state index in [1.54, 1.807) is 20.8 Å². The van der Waals surface area contributed by atoms with Gasteiger partial charge in [0.25, 0.3) is 0 Å². The number of aryl methyl sites for hydroxylation is 1. The van der Waals surface area contributed by atoms with Crippen molar-refractivity contribution in [3.05, 3.63) is 28.8 Å². The van der Waals surface area contributed by atoms with E-state index in [2.05, 4.69) is 0 Å². The minimum Gasteiger partial charge on any atom is -0.494 e. The molecule has 0 saturated heterocycles. The molecular weight excluding hydrogens is 186 g/mol. The molecular formula is C11H14F2O. The van der Waals surface area contributed by atoms with Crippen molar-refractivity contribution in [1.29, 1.82) is 0 Å². The predicted molar refractivity (Wildman–Crippen MR) is 51.7 cm³/mol. The second-order valence-electron chi connectivity index (χ2n) is 3.59. The quantitative estimate of drug-likeness (QED) is 0.710. The van der Waals surface area contributed by atoms with E-state index < -0.39 is 11.6 Å². The van der Waals surface area contributed by atoms with Crippen molar-refractivity contribution in [3.63, 3.8) is 0 Å². The summed E-state index contributed by atoms with van der Waals surface area (Å²) in [6.45, 7) is 5.10. The molecule has 0 bridgehead atoms. The third-order valence-corrected chi connectivity index (χ3v) is 2.18. The van der Waals surface area contributed by atoms with Gasteiger partial charge < -0.3 is 4.74 Å². The summed E-state index contributed by atoms with van der Waals surface area (Å²) in [5, 5.41) is 0. The van der Waals surface area contributed by atoms with Crippen LogP contribution in [0.15, 0.2) is 6.07 Å². The lowest BCUT2D eigenvalue weighted by atomic mass is 9.99. The first-order valence-corrected chi connectivity index (χ1v) is 4.51. The van der Waals surface area contributed by atoms with Crippen LogP contribution in [0.2, 0.25) is 0 Å². The summed E-state index contributed by atoms with van der Waals surface area (Å²) in [6, 6.07) is 1.37. The summed E-state index contributed by atoms with van der Waals surface area (Å²) >= 11 is 0. The topological polar surface area (TPSA) is 9.23 Å². The fourth-order valence-electron chi connectivity index (χ4n) is 1.42. The van der Waals surface area contributed by atoms with Crippen molar-refractivity contribution in [2.75, 3.05) is 7.11 Å². The molecule has 0 spiro atoms. The molecule has 0 aliphatic carbocycles. The fourth-order valence-corrected chi connectivity index (χ4v) is 1.42. The third kappa shape index (κ3) is 1.72. The molecule has 1 aromatic carbocycles. The van der Waals surface area contributed by atoms with Gasteiger partial charge in [0.05, 0.1) is 7.11 Å². The Labute approximate surface area is 82.7 Å². The molecule has 0 heterocycles. The molecule has 0 amide bonds. The minimum atomic E-state index is -0.592. The normalized spacial score (nSPS) is 10.8. The Hall–Kier alpha value is -1.12. The summed E-state index contributed by atoms with van der Waals surface area (Å²) in [4.78, 5) is 0. The SMILES string of the molecule is COc1cc(C)c(F)c(C(C)C)c1F. The Morgan fingerprint density at radius 2 is 1.79 bits per heavy atom. The number of ether oxygens (including phenoxy) is 1. The Balaban J connectivity index is 3.45. The highest BCUT2D eigenvalue weighted by molar-refractivity contribution is 5.38. The van der Waals surface area contributed by atoms with E-state index in [-0.39, 0.29) is 17.2 Å². The molecule has 0 saturated carbocycles. The molecule has 0 aromatic heterocycles. The molecule has 78 valence electrons. The van der Waals surface area contributed by atoms with Gasteiger partial charge >= 0.3 is 0 Å². The second kappa shape index (κ2) is 3.95. The van der Waals surface area contributed by atoms with Crippen LogP contribution in [0.3, 0.4) is 0 Å². The number of methoxy groups -OCH3 is 1. The molecule has 14 heavy (non-hydrogen) atoms. The van der Waals surface area contributed by atoms with Crippen molar-refractivity contribution >= 4 is 0 Å². The first-order chi connectivity index (χ1) is 6.49. The summed E-state index contributed by atoms with van der Waals surface area (Å²) < 4.78 is 32.0. The number of hydrogen-bond acceptors (Lipinski definition) is 1. The van der Waals surface area contributed by atoms with E-state index >= 15 is 0 Å². The molecule has 0 aliphatic rings. The Morgan fingerprint density at radius 3 is 2.21 bits per heavy atom. The Bertz CT molecular complexity index is 346. The Kier molecular flexibility index (Phi) is 3.09. The lowest BCUT2D eigenvalue weighted by Gasteiger charge is -2.13. The maximum Gasteiger partial charge on any atom is 0.171 e. The third-order valence-electron chi connectivity index (χ3n) is 2.18. The largest absolute Gasteiger partial charge is 0.494 e. The molecule has 3 heteroatoms. The van der Waals surface area contributed by atoms with Crippen molar-refractivity contribution in [2.45, 2.75) is 26.7 Å². The minimum absolute atomic E-state index is 0.0989. The summed E-state index contributed by atoms with van der Waals surface area (Å²) in [7, 11) is 1.37. The van der Waals surface area contributed by atoms with Gasteiger partial charge in [0.2, 0.25) is 0 Å². The van der Waals surface area contributed by atoms with E-state index in [4.69, 9.17) is 4.74 Å². The van der Waals surface area contributed by atoms with Crippen molar-refractivity contribution < 1.29 is 13.5 Å². The molecule has 1 nitrogen and oxygen atoms in total. The maximum absolute atomic E-state index is 13.6. The van der Waals surface area contributed by atoms with Gasteiger partial charge in [-0.15, -0.1) is 0 Å². The second-order valence-corrected chi connectivity index (χ2v) is 3.59. The van der Waals surface area contributed by atoms with Crippen molar-refractivity contribution in [1.82, 2.24) is 0 Å². The van der Waals surface area contributed by atoms with Gasteiger partial charge in [-0.3, -0.25) is 0 Å². The van der Waals surface area contributed by atoms with E-state index in [9.17, 15) is 8.78 Å². The molecule has 0 unspecified atom stereocenters. The Morgan fingerprint density at radius 1 is 1.21 bits per heavy atom. The van der Waals surface area contributed by atoms with Gasteiger partial charge in [0.15, 0.2) is 11.6 Å². The van der Waals surface area contributed by atoms with Crippen LogP contribution >= 0.6 is 0 Å². The molecule has 0 aliphatic heterocycles. The molecule has 0 fully saturated rings. The lowest BCUT2D eigenvalue weighted by molar-refractivity contribution is 0.378. The maximum atomic E-state index is 13.6. The highest BCUT2D eigenvalue weighted by Crippen LogP contribution is 2.30. The molecule has 0 N–H and O–H groups in total. The summed E-state index contributed by atoms with van der Waals surface area (Å²) in [5.74, 6) is -1.15. The van der Waals surface area contributed by atoms with E-state index in [0.29, 0.717) is 5.56 Å². The smallest absolute Gasteiger partial charge is 0.171 e. The average Bonchev–Trinajstić information content (AvgIpc) is 2.11. The number of benzene rings is 1. The van der Waals surface area contributed by atoms with Crippen molar-refractivity contribution in [3.8, 4) is 5.75 Å². The molecule has 0 atom stereocenters. The zero-order valence-electron chi connectivity index (χ0n) is 8.82. The van der Waals surface area contributed by atoms with Crippen LogP contribution in [0.4, 0.5) is 8.78 Å². The molecule has 1 rings (SSSR count). The van der Waals surface area contributed by atoms with Gasteiger partial charge in [0.1, 0.15) is 5.82 Å². The van der Waals surface area contributed by atoms with Crippen molar-refractivity contribution in [2.24, 2.45) is 0 Å². The van der Waals surface area contributed by atoms with Gasteiger partial charge in [-0.1, -0.05) is 13.8 Å². The monoisotopic (exact) mass is 200 g/mol. The van der Waals surface area contributed by atoms with Gasteiger partial charge in [0, 0.05) is 5.56 Å². The van der Waals surface area contributed by atoms with Gasteiger partial charge in [-0.2, -0.15) is 0 Å².